The maximum atomic E-state index is 5.16. The fourth-order valence-corrected chi connectivity index (χ4v) is 1.86. The number of terminal acetylenes is 1. The minimum atomic E-state index is 0.679. The molecule has 0 aliphatic heterocycles. The summed E-state index contributed by atoms with van der Waals surface area (Å²) in [5, 5.41) is 3.24. The quantitative estimate of drug-likeness (QED) is 0.537. The molecule has 0 amide bonds. The number of hydrogen-bond donors (Lipinski definition) is 1. The van der Waals surface area contributed by atoms with E-state index in [9.17, 15) is 0 Å². The summed E-state index contributed by atoms with van der Waals surface area (Å²) in [5.74, 6) is 3.27. The molecule has 1 aromatic rings. The third-order valence-electron chi connectivity index (χ3n) is 2.58. The van der Waals surface area contributed by atoms with Crippen LogP contribution in [0.5, 0.6) is 0 Å². The fourth-order valence-electron chi connectivity index (χ4n) is 1.86. The van der Waals surface area contributed by atoms with Gasteiger partial charge in [-0.2, -0.15) is 0 Å². The molecule has 0 spiro atoms. The van der Waals surface area contributed by atoms with Crippen LogP contribution < -0.4 is 5.32 Å². The molecule has 0 radical (unpaired) electrons. The first-order valence-electron chi connectivity index (χ1n) is 4.64. The second kappa shape index (κ2) is 3.64. The van der Waals surface area contributed by atoms with Gasteiger partial charge in [-0.05, 0) is 17.5 Å². The molecule has 0 aromatic heterocycles. The van der Waals surface area contributed by atoms with Crippen LogP contribution in [-0.2, 0) is 6.42 Å². The SMILES string of the molecule is C#CCNCC1Cc2ccccc21. The number of hydrogen-bond acceptors (Lipinski definition) is 1. The van der Waals surface area contributed by atoms with E-state index in [1.807, 2.05) is 0 Å². The highest BCUT2D eigenvalue weighted by molar-refractivity contribution is 5.40. The summed E-state index contributed by atoms with van der Waals surface area (Å²) in [6, 6.07) is 8.62. The van der Waals surface area contributed by atoms with Gasteiger partial charge in [-0.15, -0.1) is 6.42 Å². The molecule has 13 heavy (non-hydrogen) atoms. The first kappa shape index (κ1) is 8.34. The van der Waals surface area contributed by atoms with Crippen molar-refractivity contribution >= 4 is 0 Å². The average Bonchev–Trinajstić information content (AvgIpc) is 2.13. The monoisotopic (exact) mass is 171 g/mol. The van der Waals surface area contributed by atoms with Gasteiger partial charge in [-0.1, -0.05) is 30.2 Å². The molecule has 1 N–H and O–H groups in total. The zero-order valence-corrected chi connectivity index (χ0v) is 7.59. The lowest BCUT2D eigenvalue weighted by atomic mass is 9.78. The van der Waals surface area contributed by atoms with Gasteiger partial charge in [-0.3, -0.25) is 0 Å². The van der Waals surface area contributed by atoms with Crippen molar-refractivity contribution in [2.75, 3.05) is 13.1 Å². The molecule has 1 heteroatoms. The van der Waals surface area contributed by atoms with Crippen LogP contribution in [0, 0.1) is 12.3 Å². The lowest BCUT2D eigenvalue weighted by Gasteiger charge is -2.30. The van der Waals surface area contributed by atoms with Crippen molar-refractivity contribution in [1.29, 1.82) is 0 Å². The van der Waals surface area contributed by atoms with Gasteiger partial charge in [0.1, 0.15) is 0 Å². The second-order valence-corrected chi connectivity index (χ2v) is 3.43. The van der Waals surface area contributed by atoms with Gasteiger partial charge in [0, 0.05) is 12.5 Å². The number of nitrogens with one attached hydrogen (secondary N) is 1. The third-order valence-corrected chi connectivity index (χ3v) is 2.58. The highest BCUT2D eigenvalue weighted by Crippen LogP contribution is 2.33. The molecule has 0 saturated carbocycles. The molecule has 0 bridgehead atoms. The smallest absolute Gasteiger partial charge is 0.0574 e. The van der Waals surface area contributed by atoms with Gasteiger partial charge in [0.2, 0.25) is 0 Å². The fraction of sp³-hybridized carbons (Fsp3) is 0.333. The van der Waals surface area contributed by atoms with Crippen LogP contribution in [-0.4, -0.2) is 13.1 Å². The van der Waals surface area contributed by atoms with E-state index in [0.29, 0.717) is 12.5 Å². The number of rotatable bonds is 3. The number of fused-ring (bicyclic) bond motifs is 1. The van der Waals surface area contributed by atoms with Crippen LogP contribution in [0.15, 0.2) is 24.3 Å². The van der Waals surface area contributed by atoms with Crippen molar-refractivity contribution in [2.45, 2.75) is 12.3 Å². The summed E-state index contributed by atoms with van der Waals surface area (Å²) in [7, 11) is 0. The third kappa shape index (κ3) is 1.59. The van der Waals surface area contributed by atoms with Gasteiger partial charge in [0.05, 0.1) is 6.54 Å². The van der Waals surface area contributed by atoms with Crippen LogP contribution in [0.25, 0.3) is 0 Å². The van der Waals surface area contributed by atoms with E-state index in [-0.39, 0.29) is 0 Å². The Labute approximate surface area is 79.2 Å². The molecule has 1 nitrogen and oxygen atoms in total. The van der Waals surface area contributed by atoms with E-state index >= 15 is 0 Å². The van der Waals surface area contributed by atoms with Crippen LogP contribution >= 0.6 is 0 Å². The highest BCUT2D eigenvalue weighted by Gasteiger charge is 2.24. The normalized spacial score (nSPS) is 18.5. The average molecular weight is 171 g/mol. The van der Waals surface area contributed by atoms with Crippen molar-refractivity contribution in [3.63, 3.8) is 0 Å². The molecule has 66 valence electrons. The molecular formula is C12H13N. The zero-order valence-electron chi connectivity index (χ0n) is 7.59. The Morgan fingerprint density at radius 1 is 1.46 bits per heavy atom. The predicted octanol–water partition coefficient (Wildman–Crippen LogP) is 1.55. The molecule has 0 heterocycles. The summed E-state index contributed by atoms with van der Waals surface area (Å²) in [6.07, 6.45) is 6.36. The topological polar surface area (TPSA) is 12.0 Å². The molecule has 1 aliphatic rings. The van der Waals surface area contributed by atoms with Crippen LogP contribution in [0.4, 0.5) is 0 Å². The maximum absolute atomic E-state index is 5.16. The van der Waals surface area contributed by atoms with E-state index in [2.05, 4.69) is 35.5 Å². The van der Waals surface area contributed by atoms with E-state index in [1.54, 1.807) is 0 Å². The maximum Gasteiger partial charge on any atom is 0.0574 e. The molecule has 2 rings (SSSR count). The van der Waals surface area contributed by atoms with Gasteiger partial charge >= 0.3 is 0 Å². The summed E-state index contributed by atoms with van der Waals surface area (Å²) >= 11 is 0. The highest BCUT2D eigenvalue weighted by atomic mass is 14.8. The Hall–Kier alpha value is -1.26. The van der Waals surface area contributed by atoms with Gasteiger partial charge in [-0.25, -0.2) is 0 Å². The van der Waals surface area contributed by atoms with E-state index < -0.39 is 0 Å². The van der Waals surface area contributed by atoms with Crippen molar-refractivity contribution in [2.24, 2.45) is 0 Å². The lowest BCUT2D eigenvalue weighted by Crippen LogP contribution is -2.29. The predicted molar refractivity (Wildman–Crippen MR) is 54.6 cm³/mol. The molecule has 1 aromatic carbocycles. The van der Waals surface area contributed by atoms with E-state index in [1.165, 1.54) is 17.5 Å². The standard InChI is InChI=1S/C12H13N/c1-2-7-13-9-11-8-10-5-3-4-6-12(10)11/h1,3-6,11,13H,7-9H2. The van der Waals surface area contributed by atoms with Crippen molar-refractivity contribution < 1.29 is 0 Å². The largest absolute Gasteiger partial charge is 0.306 e. The van der Waals surface area contributed by atoms with Crippen LogP contribution in [0.1, 0.15) is 17.0 Å². The minimum absolute atomic E-state index is 0.679. The summed E-state index contributed by atoms with van der Waals surface area (Å²) < 4.78 is 0. The Morgan fingerprint density at radius 3 is 3.08 bits per heavy atom. The molecule has 1 unspecified atom stereocenters. The zero-order chi connectivity index (χ0) is 9.10. The second-order valence-electron chi connectivity index (χ2n) is 3.43. The van der Waals surface area contributed by atoms with Crippen molar-refractivity contribution in [1.82, 2.24) is 5.32 Å². The lowest BCUT2D eigenvalue weighted by molar-refractivity contribution is 0.557. The van der Waals surface area contributed by atoms with Crippen molar-refractivity contribution in [3.05, 3.63) is 35.4 Å². The van der Waals surface area contributed by atoms with Gasteiger partial charge in [0.25, 0.3) is 0 Å². The van der Waals surface area contributed by atoms with E-state index in [0.717, 1.165) is 6.54 Å². The van der Waals surface area contributed by atoms with Crippen molar-refractivity contribution in [3.8, 4) is 12.3 Å². The molecule has 1 atom stereocenters. The molecule has 0 fully saturated rings. The minimum Gasteiger partial charge on any atom is -0.306 e. The van der Waals surface area contributed by atoms with E-state index in [4.69, 9.17) is 6.42 Å². The van der Waals surface area contributed by atoms with Crippen LogP contribution in [0.2, 0.25) is 0 Å². The number of benzene rings is 1. The molecule has 0 saturated heterocycles. The Morgan fingerprint density at radius 2 is 2.31 bits per heavy atom. The first-order chi connectivity index (χ1) is 6.42. The van der Waals surface area contributed by atoms with Gasteiger partial charge < -0.3 is 5.32 Å². The first-order valence-corrected chi connectivity index (χ1v) is 4.64. The Bertz CT molecular complexity index is 335. The Kier molecular flexibility index (Phi) is 2.33. The molecular weight excluding hydrogens is 158 g/mol. The van der Waals surface area contributed by atoms with Crippen LogP contribution in [0.3, 0.4) is 0 Å². The van der Waals surface area contributed by atoms with Gasteiger partial charge in [0.15, 0.2) is 0 Å². The summed E-state index contributed by atoms with van der Waals surface area (Å²) in [4.78, 5) is 0. The summed E-state index contributed by atoms with van der Waals surface area (Å²) in [6.45, 7) is 1.69. The molecule has 1 aliphatic carbocycles. The summed E-state index contributed by atoms with van der Waals surface area (Å²) in [5.41, 5.74) is 2.99. The Balaban J connectivity index is 1.91.